The largest absolute Gasteiger partial charge is 0.502 e. The maximum absolute atomic E-state index is 12.5. The van der Waals surface area contributed by atoms with E-state index in [1.165, 1.54) is 18.2 Å². The Balaban J connectivity index is 1.96. The molecule has 0 amide bonds. The molecule has 1 N–H and O–H groups in total. The third kappa shape index (κ3) is 2.95. The summed E-state index contributed by atoms with van der Waals surface area (Å²) >= 11 is 3.31. The lowest BCUT2D eigenvalue weighted by atomic mass is 9.98. The number of benzene rings is 2. The van der Waals surface area contributed by atoms with Gasteiger partial charge in [0.2, 0.25) is 0 Å². The summed E-state index contributed by atoms with van der Waals surface area (Å²) in [4.78, 5) is 22.5. The highest BCUT2D eigenvalue weighted by Crippen LogP contribution is 2.32. The molecule has 7 heteroatoms. The first-order valence-electron chi connectivity index (χ1n) is 6.61. The second-order valence-electron chi connectivity index (χ2n) is 4.93. The van der Waals surface area contributed by atoms with Gasteiger partial charge in [-0.3, -0.25) is 14.9 Å². The Kier molecular flexibility index (Phi) is 3.87. The average molecular weight is 376 g/mol. The van der Waals surface area contributed by atoms with E-state index in [2.05, 4.69) is 15.9 Å². The van der Waals surface area contributed by atoms with Crippen LogP contribution < -0.4 is 4.74 Å². The summed E-state index contributed by atoms with van der Waals surface area (Å²) in [5.41, 5.74) is 0.956. The summed E-state index contributed by atoms with van der Waals surface area (Å²) in [6, 6.07) is 9.09. The van der Waals surface area contributed by atoms with Crippen LogP contribution in [0.3, 0.4) is 0 Å². The smallest absolute Gasteiger partial charge is 0.310 e. The summed E-state index contributed by atoms with van der Waals surface area (Å²) < 4.78 is 6.31. The molecule has 0 radical (unpaired) electrons. The molecular weight excluding hydrogens is 366 g/mol. The molecule has 0 atom stereocenters. The maximum atomic E-state index is 12.5. The molecular formula is C16H10BrNO5. The van der Waals surface area contributed by atoms with Crippen molar-refractivity contribution in [3.8, 4) is 11.5 Å². The van der Waals surface area contributed by atoms with Crippen molar-refractivity contribution in [1.82, 2.24) is 0 Å². The van der Waals surface area contributed by atoms with E-state index >= 15 is 0 Å². The second kappa shape index (κ2) is 5.85. The minimum Gasteiger partial charge on any atom is -0.502 e. The van der Waals surface area contributed by atoms with Crippen LogP contribution in [0.4, 0.5) is 5.69 Å². The molecule has 0 spiro atoms. The van der Waals surface area contributed by atoms with E-state index in [9.17, 15) is 20.0 Å². The van der Waals surface area contributed by atoms with Crippen LogP contribution in [0, 0.1) is 10.1 Å². The average Bonchev–Trinajstić information content (AvgIpc) is 2.50. The molecule has 2 aromatic carbocycles. The Bertz CT molecular complexity index is 860. The fraction of sp³-hybridized carbons (Fsp3) is 0.0625. The molecule has 0 bridgehead atoms. The monoisotopic (exact) mass is 375 g/mol. The molecule has 0 saturated carbocycles. The van der Waals surface area contributed by atoms with Gasteiger partial charge in [-0.05, 0) is 42.0 Å². The van der Waals surface area contributed by atoms with Crippen molar-refractivity contribution in [2.24, 2.45) is 0 Å². The highest BCUT2D eigenvalue weighted by atomic mass is 79.9. The van der Waals surface area contributed by atoms with E-state index in [4.69, 9.17) is 4.74 Å². The van der Waals surface area contributed by atoms with E-state index in [-0.39, 0.29) is 18.1 Å². The van der Waals surface area contributed by atoms with Gasteiger partial charge < -0.3 is 9.84 Å². The Morgan fingerprint density at radius 1 is 1.26 bits per heavy atom. The van der Waals surface area contributed by atoms with Gasteiger partial charge in [-0.1, -0.05) is 15.9 Å². The zero-order chi connectivity index (χ0) is 16.6. The molecule has 0 aliphatic carbocycles. The highest BCUT2D eigenvalue weighted by Gasteiger charge is 2.23. The number of halogens is 1. The number of aromatic hydroxyl groups is 1. The lowest BCUT2D eigenvalue weighted by molar-refractivity contribution is -0.385. The second-order valence-corrected chi connectivity index (χ2v) is 5.85. The first-order chi connectivity index (χ1) is 11.0. The van der Waals surface area contributed by atoms with Gasteiger partial charge in [0.05, 0.1) is 10.5 Å². The molecule has 0 aromatic heterocycles. The van der Waals surface area contributed by atoms with E-state index in [0.717, 1.165) is 4.47 Å². The van der Waals surface area contributed by atoms with Gasteiger partial charge >= 0.3 is 5.69 Å². The molecule has 1 aliphatic heterocycles. The standard InChI is InChI=1S/C16H10BrNO5/c17-11-2-4-15-12(7-11)16(20)10(8-23-15)5-9-1-3-13(18(21)22)14(19)6-9/h1-7,19H,8H2/b10-5-. The predicted molar refractivity (Wildman–Crippen MR) is 86.7 cm³/mol. The molecule has 1 aliphatic rings. The molecule has 3 rings (SSSR count). The molecule has 1 heterocycles. The Hall–Kier alpha value is -2.67. The zero-order valence-corrected chi connectivity index (χ0v) is 13.2. The number of nitro groups is 1. The predicted octanol–water partition coefficient (Wildman–Crippen LogP) is 3.72. The zero-order valence-electron chi connectivity index (χ0n) is 11.7. The van der Waals surface area contributed by atoms with E-state index < -0.39 is 10.7 Å². The Morgan fingerprint density at radius 2 is 2.04 bits per heavy atom. The number of nitro benzene ring substituents is 1. The third-order valence-corrected chi connectivity index (χ3v) is 3.89. The van der Waals surface area contributed by atoms with Crippen LogP contribution in [-0.2, 0) is 0 Å². The fourth-order valence-electron chi connectivity index (χ4n) is 2.29. The van der Waals surface area contributed by atoms with Crippen molar-refractivity contribution >= 4 is 33.5 Å². The van der Waals surface area contributed by atoms with Crippen LogP contribution in [0.5, 0.6) is 11.5 Å². The molecule has 23 heavy (non-hydrogen) atoms. The summed E-state index contributed by atoms with van der Waals surface area (Å²) in [7, 11) is 0. The lowest BCUT2D eigenvalue weighted by Crippen LogP contribution is -2.19. The van der Waals surface area contributed by atoms with Crippen LogP contribution in [0.2, 0.25) is 0 Å². The minimum atomic E-state index is -0.672. The number of carbonyl (C=O) groups excluding carboxylic acids is 1. The number of nitrogens with zero attached hydrogens (tertiary/aromatic N) is 1. The summed E-state index contributed by atoms with van der Waals surface area (Å²) in [6.07, 6.45) is 1.55. The van der Waals surface area contributed by atoms with E-state index in [0.29, 0.717) is 22.4 Å². The summed E-state index contributed by atoms with van der Waals surface area (Å²) in [6.45, 7) is 0.102. The van der Waals surface area contributed by atoms with Gasteiger partial charge in [-0.2, -0.15) is 0 Å². The van der Waals surface area contributed by atoms with Gasteiger partial charge in [0.1, 0.15) is 12.4 Å². The van der Waals surface area contributed by atoms with Crippen LogP contribution in [0.1, 0.15) is 15.9 Å². The number of phenols is 1. The molecule has 6 nitrogen and oxygen atoms in total. The molecule has 0 saturated heterocycles. The van der Waals surface area contributed by atoms with Crippen molar-refractivity contribution in [2.45, 2.75) is 0 Å². The summed E-state index contributed by atoms with van der Waals surface area (Å²) in [5.74, 6) is -0.107. The van der Waals surface area contributed by atoms with Gasteiger partial charge in [-0.15, -0.1) is 0 Å². The fourth-order valence-corrected chi connectivity index (χ4v) is 2.65. The van der Waals surface area contributed by atoms with Crippen LogP contribution in [0.25, 0.3) is 6.08 Å². The third-order valence-electron chi connectivity index (χ3n) is 3.40. The maximum Gasteiger partial charge on any atom is 0.310 e. The van der Waals surface area contributed by atoms with Crippen LogP contribution >= 0.6 is 15.9 Å². The Labute approximate surface area is 139 Å². The van der Waals surface area contributed by atoms with Gasteiger partial charge in [0.25, 0.3) is 0 Å². The van der Waals surface area contributed by atoms with Gasteiger partial charge in [0, 0.05) is 16.1 Å². The number of ketones is 1. The lowest BCUT2D eigenvalue weighted by Gasteiger charge is -2.19. The number of rotatable bonds is 2. The number of ether oxygens (including phenoxy) is 1. The van der Waals surface area contributed by atoms with E-state index in [1.807, 2.05) is 0 Å². The van der Waals surface area contributed by atoms with Crippen molar-refractivity contribution in [1.29, 1.82) is 0 Å². The van der Waals surface area contributed by atoms with E-state index in [1.54, 1.807) is 24.3 Å². The first-order valence-corrected chi connectivity index (χ1v) is 7.40. The van der Waals surface area contributed by atoms with Gasteiger partial charge in [-0.25, -0.2) is 0 Å². The van der Waals surface area contributed by atoms with Crippen LogP contribution in [0.15, 0.2) is 46.4 Å². The number of phenolic OH excluding ortho intramolecular Hbond substituents is 1. The minimum absolute atomic E-state index is 0.102. The summed E-state index contributed by atoms with van der Waals surface area (Å²) in [5, 5.41) is 20.4. The molecule has 116 valence electrons. The topological polar surface area (TPSA) is 89.7 Å². The normalized spacial score (nSPS) is 15.2. The molecule has 0 fully saturated rings. The number of hydrogen-bond donors (Lipinski definition) is 1. The van der Waals surface area contributed by atoms with Crippen LogP contribution in [-0.4, -0.2) is 22.4 Å². The SMILES string of the molecule is O=C1/C(=C\c2ccc([N+](=O)[O-])c(O)c2)COc2ccc(Br)cc21. The number of carbonyl (C=O) groups is 1. The number of Topliss-reactive ketones (excluding diaryl/α,β-unsaturated/α-hetero) is 1. The number of fused-ring (bicyclic) bond motifs is 1. The first kappa shape index (κ1) is 15.2. The highest BCUT2D eigenvalue weighted by molar-refractivity contribution is 9.10. The molecule has 0 unspecified atom stereocenters. The molecule has 2 aromatic rings. The number of hydrogen-bond acceptors (Lipinski definition) is 5. The van der Waals surface area contributed by atoms with Crippen molar-refractivity contribution in [3.05, 3.63) is 67.7 Å². The van der Waals surface area contributed by atoms with Gasteiger partial charge in [0.15, 0.2) is 11.5 Å². The van der Waals surface area contributed by atoms with Crippen molar-refractivity contribution in [3.63, 3.8) is 0 Å². The quantitative estimate of drug-likeness (QED) is 0.490. The Morgan fingerprint density at radius 3 is 2.74 bits per heavy atom. The van der Waals surface area contributed by atoms with Crippen molar-refractivity contribution < 1.29 is 19.6 Å². The van der Waals surface area contributed by atoms with Crippen molar-refractivity contribution in [2.75, 3.05) is 6.61 Å².